The monoisotopic (exact) mass is 300 g/mol. The molecule has 1 saturated heterocycles. The average Bonchev–Trinajstić information content (AvgIpc) is 2.32. The second-order valence-electron chi connectivity index (χ2n) is 5.37. The predicted octanol–water partition coefficient (Wildman–Crippen LogP) is 1.04. The van der Waals surface area contributed by atoms with Crippen LogP contribution in [-0.4, -0.2) is 33.5 Å². The van der Waals surface area contributed by atoms with Crippen LogP contribution >= 0.6 is 0 Å². The van der Waals surface area contributed by atoms with Crippen LogP contribution in [0.4, 0.5) is 5.69 Å². The lowest BCUT2D eigenvalue weighted by Crippen LogP contribution is -2.45. The van der Waals surface area contributed by atoms with Crippen LogP contribution in [0.5, 0.6) is 0 Å². The Hall–Kier alpha value is -1.15. The van der Waals surface area contributed by atoms with Gasteiger partial charge in [-0.2, -0.15) is 0 Å². The second-order valence-corrected chi connectivity index (χ2v) is 6.98. The number of hydrogen-bond acceptors (Lipinski definition) is 5. The Balaban J connectivity index is 1.91. The minimum absolute atomic E-state index is 0.0760. The van der Waals surface area contributed by atoms with Crippen molar-refractivity contribution in [3.8, 4) is 0 Å². The average molecular weight is 300 g/mol. The molecule has 20 heavy (non-hydrogen) atoms. The summed E-state index contributed by atoms with van der Waals surface area (Å²) in [6.45, 7) is 4.88. The quantitative estimate of drug-likeness (QED) is 0.867. The third kappa shape index (κ3) is 4.75. The molecule has 1 heterocycles. The molecule has 7 heteroatoms. The van der Waals surface area contributed by atoms with Crippen molar-refractivity contribution in [1.82, 2.24) is 0 Å². The van der Waals surface area contributed by atoms with E-state index in [0.717, 1.165) is 5.69 Å². The van der Waals surface area contributed by atoms with Crippen molar-refractivity contribution in [2.75, 3.05) is 18.5 Å². The highest BCUT2D eigenvalue weighted by Crippen LogP contribution is 2.20. The molecule has 0 amide bonds. The van der Waals surface area contributed by atoms with Crippen molar-refractivity contribution >= 4 is 15.7 Å². The summed E-state index contributed by atoms with van der Waals surface area (Å²) in [5, 5.41) is 8.28. The van der Waals surface area contributed by atoms with Gasteiger partial charge in [0.1, 0.15) is 0 Å². The molecule has 0 bridgehead atoms. The number of sulfonamides is 1. The number of nitrogens with one attached hydrogen (secondary N) is 1. The normalized spacial score (nSPS) is 19.8. The maximum absolute atomic E-state index is 11.0. The van der Waals surface area contributed by atoms with Crippen LogP contribution in [0, 0.1) is 0 Å². The van der Waals surface area contributed by atoms with E-state index in [2.05, 4.69) is 5.32 Å². The summed E-state index contributed by atoms with van der Waals surface area (Å²) >= 11 is 0. The summed E-state index contributed by atoms with van der Waals surface area (Å²) < 4.78 is 33.1. The van der Waals surface area contributed by atoms with E-state index in [4.69, 9.17) is 14.6 Å². The number of ether oxygens (including phenoxy) is 2. The second kappa shape index (κ2) is 5.69. The maximum atomic E-state index is 11.0. The van der Waals surface area contributed by atoms with Gasteiger partial charge in [-0.05, 0) is 31.5 Å². The summed E-state index contributed by atoms with van der Waals surface area (Å²) in [7, 11) is -3.49. The Morgan fingerprint density at radius 1 is 1.25 bits per heavy atom. The van der Waals surface area contributed by atoms with Gasteiger partial charge in [0.05, 0.1) is 25.0 Å². The highest BCUT2D eigenvalue weighted by Gasteiger charge is 2.28. The molecule has 1 aromatic carbocycles. The lowest BCUT2D eigenvalue weighted by Gasteiger charge is -2.35. The van der Waals surface area contributed by atoms with Gasteiger partial charge in [0, 0.05) is 5.69 Å². The van der Waals surface area contributed by atoms with Gasteiger partial charge in [-0.1, -0.05) is 12.1 Å². The largest absolute Gasteiger partial charge is 0.378 e. The molecule has 0 radical (unpaired) electrons. The fraction of sp³-hybridized carbons (Fsp3) is 0.538. The van der Waals surface area contributed by atoms with Crippen LogP contribution in [-0.2, 0) is 25.2 Å². The number of benzene rings is 1. The van der Waals surface area contributed by atoms with Gasteiger partial charge < -0.3 is 14.8 Å². The Labute approximate surface area is 119 Å². The molecule has 0 spiro atoms. The Bertz CT molecular complexity index is 544. The zero-order valence-corrected chi connectivity index (χ0v) is 12.4. The molecule has 1 aliphatic rings. The molecule has 0 aliphatic carbocycles. The highest BCUT2D eigenvalue weighted by atomic mass is 32.2. The maximum Gasteiger partial charge on any atom is 0.213 e. The number of nitrogens with two attached hydrogens (primary N) is 1. The van der Waals surface area contributed by atoms with Crippen LogP contribution in [0.2, 0.25) is 0 Å². The zero-order valence-electron chi connectivity index (χ0n) is 11.6. The first-order chi connectivity index (χ1) is 9.23. The summed E-state index contributed by atoms with van der Waals surface area (Å²) in [4.78, 5) is 0. The van der Waals surface area contributed by atoms with Crippen molar-refractivity contribution in [2.24, 2.45) is 5.14 Å². The van der Waals surface area contributed by atoms with Crippen molar-refractivity contribution < 1.29 is 17.9 Å². The Morgan fingerprint density at radius 2 is 1.80 bits per heavy atom. The van der Waals surface area contributed by atoms with E-state index in [0.29, 0.717) is 18.8 Å². The van der Waals surface area contributed by atoms with E-state index < -0.39 is 15.8 Å². The minimum atomic E-state index is -3.49. The summed E-state index contributed by atoms with van der Waals surface area (Å²) in [6.07, 6.45) is 0. The number of primary sulfonamides is 1. The third-order valence-electron chi connectivity index (χ3n) is 2.96. The highest BCUT2D eigenvalue weighted by molar-refractivity contribution is 7.88. The van der Waals surface area contributed by atoms with E-state index in [1.54, 1.807) is 12.1 Å². The predicted molar refractivity (Wildman–Crippen MR) is 76.6 cm³/mol. The van der Waals surface area contributed by atoms with E-state index >= 15 is 0 Å². The first kappa shape index (κ1) is 15.2. The molecule has 0 unspecified atom stereocenters. The van der Waals surface area contributed by atoms with Gasteiger partial charge in [-0.25, -0.2) is 13.6 Å². The van der Waals surface area contributed by atoms with Crippen molar-refractivity contribution in [2.45, 2.75) is 31.4 Å². The van der Waals surface area contributed by atoms with Crippen LogP contribution in [0.15, 0.2) is 24.3 Å². The molecule has 0 saturated carbocycles. The summed E-state index contributed by atoms with van der Waals surface area (Å²) in [6, 6.07) is 7.19. The molecule has 2 rings (SSSR count). The topological polar surface area (TPSA) is 90.6 Å². The van der Waals surface area contributed by atoms with E-state index in [9.17, 15) is 8.42 Å². The van der Waals surface area contributed by atoms with Crippen molar-refractivity contribution in [3.63, 3.8) is 0 Å². The molecule has 1 aromatic rings. The lowest BCUT2D eigenvalue weighted by molar-refractivity contribution is -0.247. The third-order valence-corrected chi connectivity index (χ3v) is 3.69. The van der Waals surface area contributed by atoms with Crippen LogP contribution in [0.1, 0.15) is 19.4 Å². The van der Waals surface area contributed by atoms with Crippen molar-refractivity contribution in [3.05, 3.63) is 29.8 Å². The number of hydrogen-bond donors (Lipinski definition) is 2. The molecular weight excluding hydrogens is 280 g/mol. The molecule has 0 aromatic heterocycles. The molecule has 1 fully saturated rings. The van der Waals surface area contributed by atoms with E-state index in [1.165, 1.54) is 0 Å². The van der Waals surface area contributed by atoms with Gasteiger partial charge >= 0.3 is 0 Å². The van der Waals surface area contributed by atoms with Crippen LogP contribution in [0.25, 0.3) is 0 Å². The molecule has 6 nitrogen and oxygen atoms in total. The Morgan fingerprint density at radius 3 is 2.30 bits per heavy atom. The van der Waals surface area contributed by atoms with Gasteiger partial charge in [-0.3, -0.25) is 0 Å². The SMILES string of the molecule is CC1(C)OCC(Nc2ccc(CS(N)(=O)=O)cc2)CO1. The van der Waals surface area contributed by atoms with E-state index in [-0.39, 0.29) is 11.8 Å². The fourth-order valence-corrected chi connectivity index (χ4v) is 2.60. The molecule has 3 N–H and O–H groups in total. The van der Waals surface area contributed by atoms with Crippen LogP contribution < -0.4 is 10.5 Å². The number of rotatable bonds is 4. The van der Waals surface area contributed by atoms with Gasteiger partial charge in [0.25, 0.3) is 0 Å². The van der Waals surface area contributed by atoms with Gasteiger partial charge in [0.2, 0.25) is 10.0 Å². The first-order valence-corrected chi connectivity index (χ1v) is 8.09. The first-order valence-electron chi connectivity index (χ1n) is 6.37. The van der Waals surface area contributed by atoms with E-state index in [1.807, 2.05) is 26.0 Å². The summed E-state index contributed by atoms with van der Waals surface area (Å²) in [5.41, 5.74) is 1.55. The molecule has 1 aliphatic heterocycles. The minimum Gasteiger partial charge on any atom is -0.378 e. The standard InChI is InChI=1S/C13H20N2O4S/c1-13(2)18-7-12(8-19-13)15-11-5-3-10(4-6-11)9-20(14,16)17/h3-6,12,15H,7-9H2,1-2H3,(H2,14,16,17). The number of anilines is 1. The van der Waals surface area contributed by atoms with Gasteiger partial charge in [-0.15, -0.1) is 0 Å². The molecule has 0 atom stereocenters. The van der Waals surface area contributed by atoms with Crippen LogP contribution in [0.3, 0.4) is 0 Å². The summed E-state index contributed by atoms with van der Waals surface area (Å²) in [5.74, 6) is -0.686. The lowest BCUT2D eigenvalue weighted by atomic mass is 10.2. The fourth-order valence-electron chi connectivity index (χ4n) is 1.94. The zero-order chi connectivity index (χ0) is 14.8. The van der Waals surface area contributed by atoms with Crippen molar-refractivity contribution in [1.29, 1.82) is 0 Å². The molecule has 112 valence electrons. The van der Waals surface area contributed by atoms with Gasteiger partial charge in [0.15, 0.2) is 5.79 Å². The smallest absolute Gasteiger partial charge is 0.213 e. The molecular formula is C13H20N2O4S. The Kier molecular flexibility index (Phi) is 4.33.